The van der Waals surface area contributed by atoms with Gasteiger partial charge in [-0.3, -0.25) is 9.59 Å². The monoisotopic (exact) mass is 435 g/mol. The third-order valence-corrected chi connectivity index (χ3v) is 5.21. The van der Waals surface area contributed by atoms with Gasteiger partial charge < -0.3 is 16.2 Å². The molecular weight excluding hydrogens is 406 g/mol. The van der Waals surface area contributed by atoms with Gasteiger partial charge in [-0.2, -0.15) is 5.10 Å². The number of primary amides is 1. The van der Waals surface area contributed by atoms with E-state index in [-0.39, 0.29) is 5.91 Å². The zero-order valence-corrected chi connectivity index (χ0v) is 18.1. The molecule has 9 heteroatoms. The van der Waals surface area contributed by atoms with Crippen molar-refractivity contribution in [3.05, 3.63) is 29.2 Å². The maximum Gasteiger partial charge on any atom is 0.214 e. The Hall–Kier alpha value is -2.45. The van der Waals surface area contributed by atoms with E-state index in [1.54, 1.807) is 16.9 Å². The number of carbonyl (C=O) groups excluding carboxylic acids is 2. The van der Waals surface area contributed by atoms with Crippen LogP contribution in [0.25, 0.3) is 11.1 Å². The van der Waals surface area contributed by atoms with Crippen LogP contribution >= 0.6 is 11.6 Å². The van der Waals surface area contributed by atoms with Gasteiger partial charge in [-0.1, -0.05) is 50.1 Å². The number of hydrogen-bond acceptors (Lipinski definition) is 5. The SMILES string of the molecule is C1CCCCC1.CC(N)=O.O=CNc1cc(-c2cnn3c2CCCC3O)c(Cl)cn1. The number of fused-ring (bicyclic) bond motifs is 1. The molecule has 2 aromatic rings. The maximum absolute atomic E-state index is 10.5. The summed E-state index contributed by atoms with van der Waals surface area (Å²) in [6.45, 7) is 1.31. The third-order valence-electron chi connectivity index (χ3n) is 4.91. The van der Waals surface area contributed by atoms with Gasteiger partial charge in [0.25, 0.3) is 0 Å². The number of anilines is 1. The first-order chi connectivity index (χ1) is 14.4. The van der Waals surface area contributed by atoms with Gasteiger partial charge in [-0.15, -0.1) is 0 Å². The van der Waals surface area contributed by atoms with Gasteiger partial charge in [0.2, 0.25) is 12.3 Å². The van der Waals surface area contributed by atoms with Gasteiger partial charge in [-0.25, -0.2) is 9.67 Å². The van der Waals surface area contributed by atoms with Crippen LogP contribution in [0.15, 0.2) is 18.5 Å². The number of halogens is 1. The molecule has 3 heterocycles. The van der Waals surface area contributed by atoms with Crippen LogP contribution < -0.4 is 11.1 Å². The summed E-state index contributed by atoms with van der Waals surface area (Å²) in [7, 11) is 0. The minimum absolute atomic E-state index is 0.333. The second kappa shape index (κ2) is 12.3. The quantitative estimate of drug-likeness (QED) is 0.632. The predicted molar refractivity (Wildman–Crippen MR) is 117 cm³/mol. The summed E-state index contributed by atoms with van der Waals surface area (Å²) in [5.74, 6) is 0.0932. The highest BCUT2D eigenvalue weighted by Gasteiger charge is 2.23. The zero-order chi connectivity index (χ0) is 21.9. The van der Waals surface area contributed by atoms with Crippen LogP contribution in [0.1, 0.15) is 70.2 Å². The van der Waals surface area contributed by atoms with E-state index >= 15 is 0 Å². The summed E-state index contributed by atoms with van der Waals surface area (Å²) in [5.41, 5.74) is 7.04. The molecule has 0 radical (unpaired) electrons. The van der Waals surface area contributed by atoms with Gasteiger partial charge in [-0.05, 0) is 25.3 Å². The molecular formula is C21H30ClN5O3. The van der Waals surface area contributed by atoms with Crippen molar-refractivity contribution in [1.29, 1.82) is 0 Å². The number of rotatable bonds is 3. The molecule has 2 amide bonds. The summed E-state index contributed by atoms with van der Waals surface area (Å²) in [6, 6.07) is 1.70. The molecule has 4 rings (SSSR count). The lowest BCUT2D eigenvalue weighted by molar-refractivity contribution is -0.116. The van der Waals surface area contributed by atoms with Crippen molar-refractivity contribution in [3.63, 3.8) is 0 Å². The maximum atomic E-state index is 10.5. The average Bonchev–Trinajstić information content (AvgIpc) is 3.16. The molecule has 1 saturated carbocycles. The van der Waals surface area contributed by atoms with Crippen molar-refractivity contribution in [3.8, 4) is 11.1 Å². The lowest BCUT2D eigenvalue weighted by Gasteiger charge is -2.20. The van der Waals surface area contributed by atoms with Crippen molar-refractivity contribution in [1.82, 2.24) is 14.8 Å². The van der Waals surface area contributed by atoms with Crippen LogP contribution in [0.4, 0.5) is 5.82 Å². The molecule has 2 aliphatic rings. The molecule has 4 N–H and O–H groups in total. The van der Waals surface area contributed by atoms with E-state index < -0.39 is 6.23 Å². The molecule has 0 aromatic carbocycles. The molecule has 1 aliphatic carbocycles. The van der Waals surface area contributed by atoms with Crippen LogP contribution in [-0.4, -0.2) is 32.2 Å². The summed E-state index contributed by atoms with van der Waals surface area (Å²) >= 11 is 6.19. The van der Waals surface area contributed by atoms with Crippen LogP contribution in [0.2, 0.25) is 5.02 Å². The fourth-order valence-corrected chi connectivity index (χ4v) is 3.74. The van der Waals surface area contributed by atoms with Gasteiger partial charge in [0, 0.05) is 29.9 Å². The number of amides is 2. The van der Waals surface area contributed by atoms with Crippen molar-refractivity contribution in [2.75, 3.05) is 5.32 Å². The van der Waals surface area contributed by atoms with Crippen LogP contribution in [-0.2, 0) is 16.0 Å². The van der Waals surface area contributed by atoms with Crippen LogP contribution in [0.5, 0.6) is 0 Å². The summed E-state index contributed by atoms with van der Waals surface area (Å²) in [5, 5.41) is 17.1. The number of carbonyl (C=O) groups is 2. The smallest absolute Gasteiger partial charge is 0.214 e. The first kappa shape index (κ1) is 23.8. The molecule has 164 valence electrons. The fraction of sp³-hybridized carbons (Fsp3) is 0.524. The molecule has 0 spiro atoms. The van der Waals surface area contributed by atoms with Gasteiger partial charge in [0.05, 0.1) is 11.2 Å². The Balaban J connectivity index is 0.000000265. The second-order valence-corrected chi connectivity index (χ2v) is 7.77. The summed E-state index contributed by atoms with van der Waals surface area (Å²) in [6.07, 6.45) is 14.6. The minimum Gasteiger partial charge on any atom is -0.372 e. The number of nitrogens with two attached hydrogens (primary N) is 1. The molecule has 1 unspecified atom stereocenters. The van der Waals surface area contributed by atoms with E-state index in [1.165, 1.54) is 51.6 Å². The normalized spacial score (nSPS) is 17.4. The number of aliphatic hydroxyl groups is 1. The summed E-state index contributed by atoms with van der Waals surface area (Å²) < 4.78 is 1.63. The number of aliphatic hydroxyl groups excluding tert-OH is 1. The Morgan fingerprint density at radius 2 is 1.80 bits per heavy atom. The van der Waals surface area contributed by atoms with Crippen LogP contribution in [0, 0.1) is 0 Å². The molecule has 1 aliphatic heterocycles. The Morgan fingerprint density at radius 3 is 2.37 bits per heavy atom. The molecule has 0 saturated heterocycles. The lowest BCUT2D eigenvalue weighted by atomic mass is 10.0. The second-order valence-electron chi connectivity index (χ2n) is 7.37. The molecule has 1 atom stereocenters. The molecule has 1 fully saturated rings. The predicted octanol–water partition coefficient (Wildman–Crippen LogP) is 3.83. The van der Waals surface area contributed by atoms with Gasteiger partial charge in [0.15, 0.2) is 0 Å². The van der Waals surface area contributed by atoms with E-state index in [4.69, 9.17) is 11.6 Å². The molecule has 30 heavy (non-hydrogen) atoms. The average molecular weight is 436 g/mol. The van der Waals surface area contributed by atoms with Crippen molar-refractivity contribution >= 4 is 29.7 Å². The molecule has 2 aromatic heterocycles. The first-order valence-corrected chi connectivity index (χ1v) is 10.7. The van der Waals surface area contributed by atoms with E-state index in [0.717, 1.165) is 29.7 Å². The topological polar surface area (TPSA) is 123 Å². The Labute approximate surface area is 181 Å². The standard InChI is InChI=1S/C13H13ClN4O2.C6H12.C2H5NO/c14-10-6-15-12(16-7-19)4-8(10)9-5-17-18-11(9)2-1-3-13(18)20;1-2-4-6-5-3-1;1-2(3)4/h4-7,13,20H,1-3H2,(H,15,16,19);1-6H2;1H3,(H2,3,4). The molecule has 8 nitrogen and oxygen atoms in total. The highest BCUT2D eigenvalue weighted by Crippen LogP contribution is 2.35. The Morgan fingerprint density at radius 1 is 1.20 bits per heavy atom. The van der Waals surface area contributed by atoms with Crippen molar-refractivity contribution in [2.24, 2.45) is 5.73 Å². The Bertz CT molecular complexity index is 821. The third kappa shape index (κ3) is 7.11. The van der Waals surface area contributed by atoms with Crippen molar-refractivity contribution < 1.29 is 14.7 Å². The largest absolute Gasteiger partial charge is 0.372 e. The van der Waals surface area contributed by atoms with E-state index in [0.29, 0.717) is 23.7 Å². The number of nitrogens with zero attached hydrogens (tertiary/aromatic N) is 3. The minimum atomic E-state index is -0.583. The van der Waals surface area contributed by atoms with Crippen LogP contribution in [0.3, 0.4) is 0 Å². The lowest BCUT2D eigenvalue weighted by Crippen LogP contribution is -2.18. The van der Waals surface area contributed by atoms with Gasteiger partial charge >= 0.3 is 0 Å². The highest BCUT2D eigenvalue weighted by molar-refractivity contribution is 6.33. The van der Waals surface area contributed by atoms with E-state index in [9.17, 15) is 14.7 Å². The van der Waals surface area contributed by atoms with E-state index in [1.807, 2.05) is 0 Å². The summed E-state index contributed by atoms with van der Waals surface area (Å²) in [4.78, 5) is 23.7. The number of nitrogens with one attached hydrogen (secondary N) is 1. The highest BCUT2D eigenvalue weighted by atomic mass is 35.5. The van der Waals surface area contributed by atoms with Gasteiger partial charge in [0.1, 0.15) is 12.0 Å². The molecule has 0 bridgehead atoms. The zero-order valence-electron chi connectivity index (χ0n) is 17.3. The number of aromatic nitrogens is 3. The number of pyridine rings is 1. The number of hydrogen-bond donors (Lipinski definition) is 3. The first-order valence-electron chi connectivity index (χ1n) is 10.3. The Kier molecular flexibility index (Phi) is 9.76. The fourth-order valence-electron chi connectivity index (χ4n) is 3.54. The van der Waals surface area contributed by atoms with Crippen molar-refractivity contribution in [2.45, 2.75) is 70.9 Å². The van der Waals surface area contributed by atoms with E-state index in [2.05, 4.69) is 21.1 Å².